The molecule has 4 aromatic rings. The lowest BCUT2D eigenvalue weighted by atomic mass is 10.2. The van der Waals surface area contributed by atoms with Crippen LogP contribution < -0.4 is 5.32 Å². The normalized spacial score (nSPS) is 11.2. The molecule has 4 rings (SSSR count). The average Bonchev–Trinajstić information content (AvgIpc) is 3.14. The van der Waals surface area contributed by atoms with Gasteiger partial charge in [-0.1, -0.05) is 11.6 Å². The second-order valence-corrected chi connectivity index (χ2v) is 5.90. The summed E-state index contributed by atoms with van der Waals surface area (Å²) < 4.78 is 19.9. The maximum Gasteiger partial charge on any atom is 0.338 e. The fraction of sp³-hybridized carbons (Fsp3) is 0.118. The van der Waals surface area contributed by atoms with Crippen LogP contribution in [0.1, 0.15) is 17.3 Å². The highest BCUT2D eigenvalue weighted by Crippen LogP contribution is 2.23. The van der Waals surface area contributed by atoms with E-state index in [1.165, 1.54) is 12.1 Å². The second kappa shape index (κ2) is 6.30. The molecular weight excluding hydrogens is 361 g/mol. The van der Waals surface area contributed by atoms with Crippen molar-refractivity contribution in [2.45, 2.75) is 6.92 Å². The Morgan fingerprint density at radius 2 is 2.15 bits per heavy atom. The summed E-state index contributed by atoms with van der Waals surface area (Å²) in [6.07, 6.45) is 0. The molecule has 9 heteroatoms. The van der Waals surface area contributed by atoms with E-state index in [9.17, 15) is 9.18 Å². The first kappa shape index (κ1) is 16.3. The lowest BCUT2D eigenvalue weighted by Crippen LogP contribution is -2.04. The minimum absolute atomic E-state index is 0.0169. The molecule has 2 N–H and O–H groups in total. The molecule has 2 aromatic carbocycles. The van der Waals surface area contributed by atoms with Crippen LogP contribution in [0.5, 0.6) is 0 Å². The van der Waals surface area contributed by atoms with Crippen LogP contribution in [0, 0.1) is 5.82 Å². The zero-order valence-corrected chi connectivity index (χ0v) is 14.3. The third-order valence-electron chi connectivity index (χ3n) is 3.76. The molecule has 0 aliphatic heterocycles. The lowest BCUT2D eigenvalue weighted by Gasteiger charge is -2.03. The topological polar surface area (TPSA) is 84.3 Å². The molecule has 0 atom stereocenters. The summed E-state index contributed by atoms with van der Waals surface area (Å²) in [6, 6.07) is 9.37. The molecule has 0 radical (unpaired) electrons. The predicted octanol–water partition coefficient (Wildman–Crippen LogP) is 3.92. The number of hydrogen-bond acceptors (Lipinski definition) is 5. The van der Waals surface area contributed by atoms with Crippen LogP contribution in [0.4, 0.5) is 16.0 Å². The average molecular weight is 374 g/mol. The molecule has 132 valence electrons. The van der Waals surface area contributed by atoms with Crippen LogP contribution in [-0.2, 0) is 4.74 Å². The van der Waals surface area contributed by atoms with Crippen molar-refractivity contribution in [1.82, 2.24) is 19.6 Å². The fourth-order valence-corrected chi connectivity index (χ4v) is 2.77. The highest BCUT2D eigenvalue weighted by Gasteiger charge is 2.13. The first-order valence-electron chi connectivity index (χ1n) is 7.82. The van der Waals surface area contributed by atoms with Crippen molar-refractivity contribution >= 4 is 46.0 Å². The van der Waals surface area contributed by atoms with Crippen molar-refractivity contribution in [3.63, 3.8) is 0 Å². The molecule has 0 bridgehead atoms. The maximum absolute atomic E-state index is 13.2. The number of aromatic nitrogens is 4. The lowest BCUT2D eigenvalue weighted by molar-refractivity contribution is 0.0526. The van der Waals surface area contributed by atoms with Gasteiger partial charge in [0.25, 0.3) is 5.78 Å². The Labute approximate surface area is 151 Å². The monoisotopic (exact) mass is 373 g/mol. The van der Waals surface area contributed by atoms with Crippen LogP contribution in [0.2, 0.25) is 5.02 Å². The van der Waals surface area contributed by atoms with E-state index in [1.807, 2.05) is 0 Å². The molecular formula is C17H13ClFN5O2. The molecule has 26 heavy (non-hydrogen) atoms. The number of aromatic amines is 1. The summed E-state index contributed by atoms with van der Waals surface area (Å²) in [7, 11) is 0. The number of anilines is 2. The summed E-state index contributed by atoms with van der Waals surface area (Å²) in [6.45, 7) is 2.06. The number of halogens is 2. The van der Waals surface area contributed by atoms with E-state index in [1.54, 1.807) is 35.7 Å². The maximum atomic E-state index is 13.2. The molecule has 0 fully saturated rings. The number of ether oxygens (including phenoxy) is 1. The summed E-state index contributed by atoms with van der Waals surface area (Å²) >= 11 is 5.78. The van der Waals surface area contributed by atoms with Crippen molar-refractivity contribution in [1.29, 1.82) is 0 Å². The Kier molecular flexibility index (Phi) is 3.96. The molecule has 0 aliphatic carbocycles. The smallest absolute Gasteiger partial charge is 0.338 e. The van der Waals surface area contributed by atoms with E-state index in [0.717, 1.165) is 5.52 Å². The Bertz CT molecular complexity index is 1140. The third-order valence-corrected chi connectivity index (χ3v) is 4.05. The van der Waals surface area contributed by atoms with Gasteiger partial charge < -0.3 is 10.1 Å². The van der Waals surface area contributed by atoms with Gasteiger partial charge in [0, 0.05) is 5.69 Å². The summed E-state index contributed by atoms with van der Waals surface area (Å²) in [4.78, 5) is 20.6. The van der Waals surface area contributed by atoms with Gasteiger partial charge in [0.1, 0.15) is 5.82 Å². The molecule has 0 unspecified atom stereocenters. The number of nitrogens with zero attached hydrogens (tertiary/aromatic N) is 3. The quantitative estimate of drug-likeness (QED) is 0.529. The van der Waals surface area contributed by atoms with Crippen LogP contribution >= 0.6 is 11.6 Å². The Morgan fingerprint density at radius 3 is 2.92 bits per heavy atom. The van der Waals surface area contributed by atoms with Gasteiger partial charge in [-0.2, -0.15) is 4.98 Å². The second-order valence-electron chi connectivity index (χ2n) is 5.50. The van der Waals surface area contributed by atoms with Crippen molar-refractivity contribution in [3.8, 4) is 0 Å². The fourth-order valence-electron chi connectivity index (χ4n) is 2.59. The van der Waals surface area contributed by atoms with Crippen LogP contribution in [0.25, 0.3) is 16.8 Å². The van der Waals surface area contributed by atoms with Gasteiger partial charge in [0.15, 0.2) is 0 Å². The van der Waals surface area contributed by atoms with Gasteiger partial charge >= 0.3 is 5.97 Å². The van der Waals surface area contributed by atoms with Crippen LogP contribution in [-0.4, -0.2) is 32.2 Å². The highest BCUT2D eigenvalue weighted by molar-refractivity contribution is 6.31. The minimum atomic E-state index is -0.491. The zero-order valence-electron chi connectivity index (χ0n) is 13.6. The van der Waals surface area contributed by atoms with Gasteiger partial charge in [0.05, 0.1) is 28.2 Å². The van der Waals surface area contributed by atoms with Crippen molar-refractivity contribution in [3.05, 3.63) is 52.8 Å². The van der Waals surface area contributed by atoms with Crippen molar-refractivity contribution in [2.24, 2.45) is 0 Å². The summed E-state index contributed by atoms with van der Waals surface area (Å²) in [5.74, 6) is -0.0345. The Balaban J connectivity index is 1.67. The molecule has 7 nitrogen and oxygen atoms in total. The molecule has 2 aromatic heterocycles. The number of H-pyrrole nitrogens is 1. The number of carbonyl (C=O) groups excluding carboxylic acids is 1. The number of rotatable bonds is 4. The standard InChI is InChI=1S/C17H13ClFN5O2/c1-2-26-15(25)9-3-6-14-13(7-9)21-17-22-16(23-24(14)17)20-10-4-5-12(19)11(18)8-10/h3-8H,2H2,1H3,(H2,20,21,22,23). The zero-order chi connectivity index (χ0) is 18.3. The van der Waals surface area contributed by atoms with E-state index < -0.39 is 11.8 Å². The molecule has 0 aliphatic rings. The van der Waals surface area contributed by atoms with Gasteiger partial charge in [-0.25, -0.2) is 18.7 Å². The molecule has 0 amide bonds. The minimum Gasteiger partial charge on any atom is -0.462 e. The molecule has 0 saturated carbocycles. The highest BCUT2D eigenvalue weighted by atomic mass is 35.5. The summed E-state index contributed by atoms with van der Waals surface area (Å²) in [5.41, 5.74) is 2.39. The first-order valence-corrected chi connectivity index (χ1v) is 8.20. The van der Waals surface area contributed by atoms with Crippen LogP contribution in [0.15, 0.2) is 36.4 Å². The molecule has 0 spiro atoms. The van der Waals surface area contributed by atoms with E-state index in [2.05, 4.69) is 20.4 Å². The van der Waals surface area contributed by atoms with E-state index in [4.69, 9.17) is 16.3 Å². The van der Waals surface area contributed by atoms with Gasteiger partial charge in [-0.05, 0) is 43.3 Å². The SMILES string of the molecule is CCOC(=O)c1ccc2c(c1)nc1nc(Nc3ccc(F)c(Cl)c3)[nH]n12. The van der Waals surface area contributed by atoms with Gasteiger partial charge in [-0.15, -0.1) is 0 Å². The predicted molar refractivity (Wildman–Crippen MR) is 95.5 cm³/mol. The number of nitrogens with one attached hydrogen (secondary N) is 2. The number of esters is 1. The third kappa shape index (κ3) is 2.84. The van der Waals surface area contributed by atoms with Crippen molar-refractivity contribution < 1.29 is 13.9 Å². The van der Waals surface area contributed by atoms with E-state index >= 15 is 0 Å². The van der Waals surface area contributed by atoms with Crippen molar-refractivity contribution in [2.75, 3.05) is 11.9 Å². The first-order chi connectivity index (χ1) is 12.5. The number of carbonyl (C=O) groups is 1. The Hall–Kier alpha value is -3.13. The van der Waals surface area contributed by atoms with Gasteiger partial charge in [-0.3, -0.25) is 5.10 Å². The number of hydrogen-bond donors (Lipinski definition) is 2. The summed E-state index contributed by atoms with van der Waals surface area (Å²) in [5, 5.41) is 6.08. The van der Waals surface area contributed by atoms with Crippen LogP contribution in [0.3, 0.4) is 0 Å². The van der Waals surface area contributed by atoms with E-state index in [-0.39, 0.29) is 5.02 Å². The number of benzene rings is 2. The largest absolute Gasteiger partial charge is 0.462 e. The molecule has 0 saturated heterocycles. The Morgan fingerprint density at radius 1 is 1.31 bits per heavy atom. The number of fused-ring (bicyclic) bond motifs is 3. The molecule has 2 heterocycles. The van der Waals surface area contributed by atoms with E-state index in [0.29, 0.717) is 35.1 Å². The van der Waals surface area contributed by atoms with Gasteiger partial charge in [0.2, 0.25) is 5.95 Å². The number of imidazole rings is 1.